The molecule has 0 bridgehead atoms. The molecule has 3 N–H and O–H groups in total. The van der Waals surface area contributed by atoms with E-state index in [-0.39, 0.29) is 16.9 Å². The monoisotopic (exact) mass is 226 g/mol. The van der Waals surface area contributed by atoms with E-state index in [4.69, 9.17) is 5.73 Å². The quantitative estimate of drug-likeness (QED) is 0.772. The number of nitrogens with two attached hydrogens (primary N) is 1. The Morgan fingerprint density at radius 3 is 2.31 bits per heavy atom. The molecule has 0 atom stereocenters. The largest absolute Gasteiger partial charge is 0.351 e. The van der Waals surface area contributed by atoms with E-state index in [0.717, 1.165) is 32.1 Å². The molecule has 0 radical (unpaired) electrons. The zero-order valence-electron chi connectivity index (χ0n) is 10.9. The molecule has 1 aliphatic carbocycles. The maximum atomic E-state index is 12.3. The lowest BCUT2D eigenvalue weighted by Gasteiger charge is -2.38. The maximum Gasteiger partial charge on any atom is 0.227 e. The molecule has 0 heterocycles. The van der Waals surface area contributed by atoms with E-state index in [0.29, 0.717) is 6.54 Å². The molecule has 1 saturated carbocycles. The summed E-state index contributed by atoms with van der Waals surface area (Å²) in [6, 6.07) is 0. The Balaban J connectivity index is 2.69. The summed E-state index contributed by atoms with van der Waals surface area (Å²) in [4.78, 5) is 12.3. The second-order valence-corrected chi connectivity index (χ2v) is 5.74. The van der Waals surface area contributed by atoms with Crippen LogP contribution in [0.2, 0.25) is 0 Å². The number of carbonyl (C=O) groups is 1. The first-order chi connectivity index (χ1) is 7.46. The van der Waals surface area contributed by atoms with Crippen molar-refractivity contribution in [1.82, 2.24) is 5.32 Å². The number of nitrogens with one attached hydrogen (secondary N) is 1. The van der Waals surface area contributed by atoms with Gasteiger partial charge in [0.2, 0.25) is 5.91 Å². The van der Waals surface area contributed by atoms with Gasteiger partial charge in [-0.2, -0.15) is 0 Å². The molecule has 3 nitrogen and oxygen atoms in total. The third-order valence-electron chi connectivity index (χ3n) is 4.02. The summed E-state index contributed by atoms with van der Waals surface area (Å²) in [6.07, 6.45) is 6.37. The SMILES string of the molecule is CCC(C)(C)NC(=O)C1(CN)CCCCC1. The van der Waals surface area contributed by atoms with Crippen molar-refractivity contribution in [3.05, 3.63) is 0 Å². The second kappa shape index (κ2) is 5.17. The molecule has 0 aromatic rings. The predicted molar refractivity (Wildman–Crippen MR) is 67.1 cm³/mol. The molecule has 0 aliphatic heterocycles. The first-order valence-electron chi connectivity index (χ1n) is 6.48. The minimum atomic E-state index is -0.287. The standard InChI is InChI=1S/C13H26N2O/c1-4-12(2,3)15-11(16)13(10-14)8-6-5-7-9-13/h4-10,14H2,1-3H3,(H,15,16). The zero-order chi connectivity index (χ0) is 12.2. The molecule has 3 heteroatoms. The number of amides is 1. The van der Waals surface area contributed by atoms with Gasteiger partial charge in [-0.25, -0.2) is 0 Å². The number of hydrogen-bond acceptors (Lipinski definition) is 2. The molecule has 0 unspecified atom stereocenters. The van der Waals surface area contributed by atoms with Crippen LogP contribution in [-0.2, 0) is 4.79 Å². The summed E-state index contributed by atoms with van der Waals surface area (Å²) in [5.41, 5.74) is 5.44. The van der Waals surface area contributed by atoms with Crippen molar-refractivity contribution in [2.45, 2.75) is 64.8 Å². The van der Waals surface area contributed by atoms with Crippen molar-refractivity contribution in [3.63, 3.8) is 0 Å². The minimum Gasteiger partial charge on any atom is -0.351 e. The molecule has 16 heavy (non-hydrogen) atoms. The fraction of sp³-hybridized carbons (Fsp3) is 0.923. The van der Waals surface area contributed by atoms with E-state index < -0.39 is 0 Å². The van der Waals surface area contributed by atoms with Crippen LogP contribution < -0.4 is 11.1 Å². The van der Waals surface area contributed by atoms with Crippen molar-refractivity contribution >= 4 is 5.91 Å². The van der Waals surface area contributed by atoms with Crippen LogP contribution in [0.5, 0.6) is 0 Å². The molecule has 0 aromatic heterocycles. The fourth-order valence-electron chi connectivity index (χ4n) is 2.28. The van der Waals surface area contributed by atoms with Gasteiger partial charge in [0.05, 0.1) is 5.41 Å². The number of hydrogen-bond donors (Lipinski definition) is 2. The highest BCUT2D eigenvalue weighted by Gasteiger charge is 2.39. The Morgan fingerprint density at radius 1 is 1.31 bits per heavy atom. The smallest absolute Gasteiger partial charge is 0.227 e. The van der Waals surface area contributed by atoms with Crippen molar-refractivity contribution in [2.75, 3.05) is 6.54 Å². The predicted octanol–water partition coefficient (Wildman–Crippen LogP) is 2.20. The molecule has 1 rings (SSSR count). The van der Waals surface area contributed by atoms with Gasteiger partial charge in [-0.1, -0.05) is 26.2 Å². The average molecular weight is 226 g/mol. The lowest BCUT2D eigenvalue weighted by molar-refractivity contribution is -0.134. The van der Waals surface area contributed by atoms with Gasteiger partial charge in [-0.3, -0.25) is 4.79 Å². The van der Waals surface area contributed by atoms with Crippen LogP contribution in [0.3, 0.4) is 0 Å². The average Bonchev–Trinajstić information content (AvgIpc) is 2.29. The van der Waals surface area contributed by atoms with Crippen LogP contribution in [0.4, 0.5) is 0 Å². The lowest BCUT2D eigenvalue weighted by Crippen LogP contribution is -2.53. The van der Waals surface area contributed by atoms with E-state index in [1.54, 1.807) is 0 Å². The normalized spacial score (nSPS) is 20.5. The maximum absolute atomic E-state index is 12.3. The van der Waals surface area contributed by atoms with E-state index in [2.05, 4.69) is 26.1 Å². The summed E-state index contributed by atoms with van der Waals surface area (Å²) < 4.78 is 0. The highest BCUT2D eigenvalue weighted by Crippen LogP contribution is 2.36. The highest BCUT2D eigenvalue weighted by molar-refractivity contribution is 5.83. The molecular formula is C13H26N2O. The summed E-state index contributed by atoms with van der Waals surface area (Å²) >= 11 is 0. The first-order valence-corrected chi connectivity index (χ1v) is 6.48. The van der Waals surface area contributed by atoms with Crippen LogP contribution in [0.1, 0.15) is 59.3 Å². The van der Waals surface area contributed by atoms with E-state index in [9.17, 15) is 4.79 Å². The van der Waals surface area contributed by atoms with Crippen LogP contribution in [0, 0.1) is 5.41 Å². The lowest BCUT2D eigenvalue weighted by atomic mass is 9.73. The molecule has 1 aliphatic rings. The zero-order valence-corrected chi connectivity index (χ0v) is 10.9. The second-order valence-electron chi connectivity index (χ2n) is 5.74. The summed E-state index contributed by atoms with van der Waals surface area (Å²) in [5, 5.41) is 3.15. The Labute approximate surface area is 99.2 Å². The molecular weight excluding hydrogens is 200 g/mol. The van der Waals surface area contributed by atoms with Gasteiger partial charge in [0.25, 0.3) is 0 Å². The van der Waals surface area contributed by atoms with E-state index >= 15 is 0 Å². The summed E-state index contributed by atoms with van der Waals surface area (Å²) in [6.45, 7) is 6.71. The molecule has 0 saturated heterocycles. The Kier molecular flexibility index (Phi) is 4.36. The van der Waals surface area contributed by atoms with Crippen molar-refractivity contribution < 1.29 is 4.79 Å². The van der Waals surface area contributed by atoms with Crippen LogP contribution >= 0.6 is 0 Å². The number of rotatable bonds is 4. The van der Waals surface area contributed by atoms with E-state index in [1.165, 1.54) is 6.42 Å². The third-order valence-corrected chi connectivity index (χ3v) is 4.02. The number of carbonyl (C=O) groups excluding carboxylic acids is 1. The van der Waals surface area contributed by atoms with Crippen LogP contribution in [0.15, 0.2) is 0 Å². The van der Waals surface area contributed by atoms with Crippen LogP contribution in [0.25, 0.3) is 0 Å². The van der Waals surface area contributed by atoms with Crippen molar-refractivity contribution in [2.24, 2.45) is 11.1 Å². The molecule has 1 fully saturated rings. The molecule has 0 spiro atoms. The minimum absolute atomic E-state index is 0.114. The van der Waals surface area contributed by atoms with Gasteiger partial charge in [0.1, 0.15) is 0 Å². The fourth-order valence-corrected chi connectivity index (χ4v) is 2.28. The Hall–Kier alpha value is -0.570. The first kappa shape index (κ1) is 13.5. The Morgan fingerprint density at radius 2 is 1.88 bits per heavy atom. The summed E-state index contributed by atoms with van der Waals surface area (Å²) in [7, 11) is 0. The Bertz CT molecular complexity index is 242. The summed E-state index contributed by atoms with van der Waals surface area (Å²) in [5.74, 6) is 0.168. The van der Waals surface area contributed by atoms with Gasteiger partial charge < -0.3 is 11.1 Å². The van der Waals surface area contributed by atoms with Gasteiger partial charge in [0, 0.05) is 12.1 Å². The van der Waals surface area contributed by atoms with Gasteiger partial charge in [-0.15, -0.1) is 0 Å². The highest BCUT2D eigenvalue weighted by atomic mass is 16.2. The van der Waals surface area contributed by atoms with Crippen molar-refractivity contribution in [3.8, 4) is 0 Å². The van der Waals surface area contributed by atoms with Gasteiger partial charge in [-0.05, 0) is 33.1 Å². The van der Waals surface area contributed by atoms with Crippen molar-refractivity contribution in [1.29, 1.82) is 0 Å². The molecule has 1 amide bonds. The third kappa shape index (κ3) is 2.97. The molecule has 94 valence electrons. The van der Waals surface area contributed by atoms with Gasteiger partial charge >= 0.3 is 0 Å². The molecule has 0 aromatic carbocycles. The topological polar surface area (TPSA) is 55.1 Å². The van der Waals surface area contributed by atoms with Crippen LogP contribution in [-0.4, -0.2) is 18.0 Å². The van der Waals surface area contributed by atoms with E-state index in [1.807, 2.05) is 0 Å². The van der Waals surface area contributed by atoms with Gasteiger partial charge in [0.15, 0.2) is 0 Å².